The Kier molecular flexibility index (Phi) is 7.48. The predicted molar refractivity (Wildman–Crippen MR) is 135 cm³/mol. The first-order chi connectivity index (χ1) is 17.5. The molecule has 5 rings (SSSR count). The number of likely N-dealkylation sites (tertiary alicyclic amines) is 1. The summed E-state index contributed by atoms with van der Waals surface area (Å²) in [5.41, 5.74) is 4.44. The number of benzene rings is 1. The number of fused-ring (bicyclic) bond motifs is 1. The lowest BCUT2D eigenvalue weighted by Crippen LogP contribution is -2.43. The van der Waals surface area contributed by atoms with Gasteiger partial charge in [0, 0.05) is 71.4 Å². The van der Waals surface area contributed by atoms with Crippen molar-refractivity contribution in [2.45, 2.75) is 51.3 Å². The van der Waals surface area contributed by atoms with Crippen molar-refractivity contribution >= 4 is 11.9 Å². The van der Waals surface area contributed by atoms with Crippen LogP contribution < -0.4 is 0 Å². The number of nitrogens with zero attached hydrogens (tertiary/aromatic N) is 6. The zero-order valence-corrected chi connectivity index (χ0v) is 21.1. The van der Waals surface area contributed by atoms with E-state index in [1.165, 1.54) is 11.1 Å². The average molecular weight is 493 g/mol. The van der Waals surface area contributed by atoms with Crippen molar-refractivity contribution in [1.82, 2.24) is 29.6 Å². The quantitative estimate of drug-likeness (QED) is 0.634. The fraction of sp³-hybridized carbons (Fsp3) is 0.556. The molecule has 4 heterocycles. The third-order valence-electron chi connectivity index (χ3n) is 7.73. The maximum Gasteiger partial charge on any atom is 0.320 e. The number of piperidine rings is 1. The van der Waals surface area contributed by atoms with Gasteiger partial charge in [-0.1, -0.05) is 24.3 Å². The van der Waals surface area contributed by atoms with E-state index >= 15 is 0 Å². The van der Waals surface area contributed by atoms with Crippen LogP contribution in [0.5, 0.6) is 0 Å². The minimum absolute atomic E-state index is 0.0551. The van der Waals surface area contributed by atoms with Crippen molar-refractivity contribution in [3.8, 4) is 0 Å². The zero-order valence-electron chi connectivity index (χ0n) is 21.1. The first-order valence-corrected chi connectivity index (χ1v) is 13.0. The molecule has 1 N–H and O–H groups in total. The van der Waals surface area contributed by atoms with E-state index in [1.54, 1.807) is 22.9 Å². The zero-order chi connectivity index (χ0) is 25.1. The Morgan fingerprint density at radius 3 is 2.47 bits per heavy atom. The van der Waals surface area contributed by atoms with Gasteiger partial charge in [-0.15, -0.1) is 0 Å². The highest BCUT2D eigenvalue weighted by Gasteiger charge is 2.31. The molecule has 0 saturated carbocycles. The molecule has 0 bridgehead atoms. The summed E-state index contributed by atoms with van der Waals surface area (Å²) in [5.74, 6) is 0.449. The Morgan fingerprint density at radius 2 is 1.75 bits per heavy atom. The van der Waals surface area contributed by atoms with Crippen LogP contribution in [0.25, 0.3) is 0 Å². The van der Waals surface area contributed by atoms with E-state index in [9.17, 15) is 14.7 Å². The summed E-state index contributed by atoms with van der Waals surface area (Å²) in [5, 5.41) is 10.7. The first kappa shape index (κ1) is 24.6. The molecule has 0 aliphatic carbocycles. The Balaban J connectivity index is 1.08. The number of carbonyl (C=O) groups is 2. The van der Waals surface area contributed by atoms with Crippen LogP contribution in [0.2, 0.25) is 0 Å². The first-order valence-electron chi connectivity index (χ1n) is 13.0. The van der Waals surface area contributed by atoms with Crippen LogP contribution in [0.3, 0.4) is 0 Å². The molecule has 1 aromatic heterocycles. The van der Waals surface area contributed by atoms with Gasteiger partial charge in [0.05, 0.1) is 30.2 Å². The second-order valence-corrected chi connectivity index (χ2v) is 10.3. The number of hydrogen-bond donors (Lipinski definition) is 1. The molecule has 9 nitrogen and oxygen atoms in total. The van der Waals surface area contributed by atoms with E-state index in [1.807, 2.05) is 11.1 Å². The number of amides is 3. The van der Waals surface area contributed by atoms with Crippen molar-refractivity contribution in [2.75, 3.05) is 45.8 Å². The second kappa shape index (κ2) is 10.9. The van der Waals surface area contributed by atoms with Gasteiger partial charge in [-0.3, -0.25) is 19.7 Å². The molecule has 36 heavy (non-hydrogen) atoms. The van der Waals surface area contributed by atoms with Gasteiger partial charge >= 0.3 is 6.03 Å². The molecule has 2 fully saturated rings. The van der Waals surface area contributed by atoms with E-state index in [2.05, 4.69) is 39.1 Å². The maximum atomic E-state index is 12.9. The minimum Gasteiger partial charge on any atom is -0.390 e. The lowest BCUT2D eigenvalue weighted by Gasteiger charge is -2.31. The summed E-state index contributed by atoms with van der Waals surface area (Å²) < 4.78 is 0. The molecule has 2 saturated heterocycles. The van der Waals surface area contributed by atoms with Crippen LogP contribution in [0.15, 0.2) is 36.7 Å². The van der Waals surface area contributed by atoms with E-state index < -0.39 is 6.10 Å². The van der Waals surface area contributed by atoms with Gasteiger partial charge < -0.3 is 19.8 Å². The van der Waals surface area contributed by atoms with Gasteiger partial charge in [0.25, 0.3) is 0 Å². The van der Waals surface area contributed by atoms with E-state index in [0.29, 0.717) is 38.6 Å². The van der Waals surface area contributed by atoms with Crippen molar-refractivity contribution in [1.29, 1.82) is 0 Å². The molecule has 1 aromatic carbocycles. The molecule has 1 atom stereocenters. The molecule has 3 aliphatic rings. The van der Waals surface area contributed by atoms with Gasteiger partial charge in [0.1, 0.15) is 0 Å². The smallest absolute Gasteiger partial charge is 0.320 e. The molecular formula is C27H36N6O3. The summed E-state index contributed by atoms with van der Waals surface area (Å²) in [7, 11) is 0. The number of aromatic nitrogens is 2. The Hall–Kier alpha value is -3.04. The third kappa shape index (κ3) is 5.68. The van der Waals surface area contributed by atoms with E-state index in [4.69, 9.17) is 0 Å². The molecular weight excluding hydrogens is 456 g/mol. The minimum atomic E-state index is -0.576. The number of β-amino-alcohol motifs (C(OH)–C–C–N with tert-alkyl or cyclic N) is 1. The number of aliphatic hydroxyl groups excluding tert-OH is 1. The van der Waals surface area contributed by atoms with Gasteiger partial charge in [0.15, 0.2) is 0 Å². The lowest BCUT2D eigenvalue weighted by atomic mass is 9.94. The highest BCUT2D eigenvalue weighted by molar-refractivity contribution is 5.76. The van der Waals surface area contributed by atoms with Crippen LogP contribution in [0.1, 0.15) is 48.2 Å². The normalized spacial score (nSPS) is 20.1. The summed E-state index contributed by atoms with van der Waals surface area (Å²) in [6.45, 7) is 7.48. The second-order valence-electron chi connectivity index (χ2n) is 10.3. The van der Waals surface area contributed by atoms with Crippen molar-refractivity contribution in [2.24, 2.45) is 0 Å². The fourth-order valence-electron chi connectivity index (χ4n) is 5.61. The molecule has 0 spiro atoms. The molecule has 2 aromatic rings. The number of urea groups is 1. The largest absolute Gasteiger partial charge is 0.390 e. The van der Waals surface area contributed by atoms with E-state index in [0.717, 1.165) is 56.8 Å². The van der Waals surface area contributed by atoms with Crippen LogP contribution >= 0.6 is 0 Å². The Morgan fingerprint density at radius 1 is 1.00 bits per heavy atom. The van der Waals surface area contributed by atoms with Crippen LogP contribution in [-0.4, -0.2) is 98.5 Å². The number of hydrogen-bond acceptors (Lipinski definition) is 6. The Bertz CT molecular complexity index is 1070. The molecule has 9 heteroatoms. The molecule has 3 amide bonds. The topological polar surface area (TPSA) is 93.1 Å². The van der Waals surface area contributed by atoms with Gasteiger partial charge in [0.2, 0.25) is 5.91 Å². The fourth-order valence-corrected chi connectivity index (χ4v) is 5.61. The molecule has 0 unspecified atom stereocenters. The summed E-state index contributed by atoms with van der Waals surface area (Å²) in [4.78, 5) is 41.4. The SMILES string of the molecule is CC(=O)N1CCC(c2cnc(CN3CCN(C[C@H](O)CN4CCc5ccccc5C4)C3=O)cn2)CC1. The van der Waals surface area contributed by atoms with Gasteiger partial charge in [-0.25, -0.2) is 4.79 Å². The molecule has 0 radical (unpaired) electrons. The average Bonchev–Trinajstić information content (AvgIpc) is 3.22. The highest BCUT2D eigenvalue weighted by Crippen LogP contribution is 2.26. The molecule has 192 valence electrons. The van der Waals surface area contributed by atoms with Crippen molar-refractivity contribution in [3.63, 3.8) is 0 Å². The summed E-state index contributed by atoms with van der Waals surface area (Å²) in [6, 6.07) is 8.42. The van der Waals surface area contributed by atoms with Crippen molar-refractivity contribution < 1.29 is 14.7 Å². The predicted octanol–water partition coefficient (Wildman–Crippen LogP) is 1.86. The molecule has 3 aliphatic heterocycles. The van der Waals surface area contributed by atoms with Crippen LogP contribution in [0, 0.1) is 0 Å². The van der Waals surface area contributed by atoms with Crippen LogP contribution in [-0.2, 0) is 24.3 Å². The lowest BCUT2D eigenvalue weighted by molar-refractivity contribution is -0.129. The van der Waals surface area contributed by atoms with Crippen molar-refractivity contribution in [3.05, 3.63) is 59.2 Å². The summed E-state index contributed by atoms with van der Waals surface area (Å²) >= 11 is 0. The van der Waals surface area contributed by atoms with E-state index in [-0.39, 0.29) is 11.9 Å². The standard InChI is InChI=1S/C27H36N6O3/c1-20(34)31-10-7-22(8-11-31)26-15-28-24(14-29-26)17-32-12-13-33(27(32)36)19-25(35)18-30-9-6-21-4-2-3-5-23(21)16-30/h2-5,14-15,22,25,35H,6-13,16-19H2,1H3/t25-/m1/s1. The van der Waals surface area contributed by atoms with Crippen LogP contribution in [0.4, 0.5) is 4.79 Å². The number of carbonyl (C=O) groups excluding carboxylic acids is 2. The number of aliphatic hydroxyl groups is 1. The maximum absolute atomic E-state index is 12.9. The monoisotopic (exact) mass is 492 g/mol. The third-order valence-corrected chi connectivity index (χ3v) is 7.73. The van der Waals surface area contributed by atoms with Gasteiger partial charge in [-0.2, -0.15) is 0 Å². The highest BCUT2D eigenvalue weighted by atomic mass is 16.3. The Labute approximate surface area is 212 Å². The number of rotatable bonds is 7. The van der Waals surface area contributed by atoms with Gasteiger partial charge in [-0.05, 0) is 30.4 Å². The summed E-state index contributed by atoms with van der Waals surface area (Å²) in [6.07, 6.45) is 5.82.